The first-order valence-corrected chi connectivity index (χ1v) is 17.4. The Morgan fingerprint density at radius 3 is 2.35 bits per heavy atom. The summed E-state index contributed by atoms with van der Waals surface area (Å²) in [5.41, 5.74) is 6.10. The number of unbranched alkanes of at least 4 members (excludes halogenated alkanes) is 1. The van der Waals surface area contributed by atoms with Crippen molar-refractivity contribution in [3.05, 3.63) is 99.5 Å². The summed E-state index contributed by atoms with van der Waals surface area (Å²) in [6.07, 6.45) is 15.6. The lowest BCUT2D eigenvalue weighted by Gasteiger charge is -2.25. The maximum Gasteiger partial charge on any atom is 0.264 e. The quantitative estimate of drug-likeness (QED) is 0.142. The fourth-order valence-corrected chi connectivity index (χ4v) is 6.73. The van der Waals surface area contributed by atoms with E-state index in [4.69, 9.17) is 9.72 Å². The van der Waals surface area contributed by atoms with Crippen LogP contribution in [0.15, 0.2) is 65.7 Å². The van der Waals surface area contributed by atoms with Crippen molar-refractivity contribution in [3.8, 4) is 22.8 Å². The number of ketones is 1. The fourth-order valence-electron chi connectivity index (χ4n) is 6.73. The van der Waals surface area contributed by atoms with Crippen molar-refractivity contribution in [2.45, 2.75) is 103 Å². The highest BCUT2D eigenvalue weighted by atomic mass is 16.5. The van der Waals surface area contributed by atoms with Gasteiger partial charge in [-0.05, 0) is 74.1 Å². The number of carbonyl (C=O) groups excluding carboxylic acids is 1. The Hall–Kier alpha value is -4.13. The Morgan fingerprint density at radius 2 is 1.65 bits per heavy atom. The number of aryl methyl sites for hydroxylation is 2. The molecule has 0 aliphatic heterocycles. The van der Waals surface area contributed by atoms with Crippen LogP contribution in [0.4, 0.5) is 0 Å². The highest BCUT2D eigenvalue weighted by Crippen LogP contribution is 2.34. The number of benzene rings is 2. The molecule has 0 radical (unpaired) electrons. The molecule has 0 amide bonds. The Kier molecular flexibility index (Phi) is 10.4. The number of rotatable bonds is 14. The van der Waals surface area contributed by atoms with Gasteiger partial charge in [-0.3, -0.25) is 9.59 Å². The molecular weight excluding hydrogens is 572 g/mol. The van der Waals surface area contributed by atoms with Crippen molar-refractivity contribution in [3.63, 3.8) is 0 Å². The van der Waals surface area contributed by atoms with E-state index in [1.54, 1.807) is 17.0 Å². The average molecular weight is 619 g/mol. The molecule has 2 fully saturated rings. The molecule has 6 rings (SSSR count). The minimum atomic E-state index is -0.0689. The van der Waals surface area contributed by atoms with Crippen LogP contribution in [0.1, 0.15) is 112 Å². The predicted molar refractivity (Wildman–Crippen MR) is 182 cm³/mol. The van der Waals surface area contributed by atoms with Crippen molar-refractivity contribution in [1.82, 2.24) is 19.5 Å². The molecule has 46 heavy (non-hydrogen) atoms. The second-order valence-electron chi connectivity index (χ2n) is 12.9. The molecule has 2 saturated carbocycles. The van der Waals surface area contributed by atoms with E-state index in [-0.39, 0.29) is 11.5 Å². The molecule has 0 atom stereocenters. The largest absolute Gasteiger partial charge is 0.491 e. The molecule has 2 aromatic carbocycles. The molecule has 0 unspecified atom stereocenters. The van der Waals surface area contributed by atoms with Gasteiger partial charge in [0.05, 0.1) is 24.7 Å². The third kappa shape index (κ3) is 7.46. The zero-order valence-electron chi connectivity index (χ0n) is 27.3. The molecule has 240 valence electrons. The summed E-state index contributed by atoms with van der Waals surface area (Å²) in [4.78, 5) is 41.4. The molecule has 2 aliphatic carbocycles. The molecule has 0 bridgehead atoms. The van der Waals surface area contributed by atoms with Crippen LogP contribution in [-0.4, -0.2) is 31.9 Å². The second-order valence-corrected chi connectivity index (χ2v) is 12.9. The van der Waals surface area contributed by atoms with Gasteiger partial charge in [-0.25, -0.2) is 19.5 Å². The number of ether oxygens (including phenoxy) is 1. The van der Waals surface area contributed by atoms with Crippen LogP contribution in [0.3, 0.4) is 0 Å². The van der Waals surface area contributed by atoms with E-state index in [1.165, 1.54) is 12.0 Å². The maximum absolute atomic E-state index is 14.5. The van der Waals surface area contributed by atoms with Crippen LogP contribution in [0.25, 0.3) is 17.1 Å². The Balaban J connectivity index is 1.33. The molecule has 7 heteroatoms. The smallest absolute Gasteiger partial charge is 0.264 e. The van der Waals surface area contributed by atoms with Gasteiger partial charge in [-0.2, -0.15) is 0 Å². The van der Waals surface area contributed by atoms with Crippen LogP contribution >= 0.6 is 0 Å². The summed E-state index contributed by atoms with van der Waals surface area (Å²) < 4.78 is 7.27. The van der Waals surface area contributed by atoms with Gasteiger partial charge in [-0.15, -0.1) is 0 Å². The van der Waals surface area contributed by atoms with Gasteiger partial charge in [0.1, 0.15) is 11.6 Å². The van der Waals surface area contributed by atoms with Crippen molar-refractivity contribution >= 4 is 5.78 Å². The lowest BCUT2D eigenvalue weighted by atomic mass is 9.88. The average Bonchev–Trinajstić information content (AvgIpc) is 3.95. The first-order chi connectivity index (χ1) is 22.6. The van der Waals surface area contributed by atoms with Crippen LogP contribution < -0.4 is 10.3 Å². The number of hydrogen-bond donors (Lipinski definition) is 0. The SMILES string of the molecule is CCCCc1nc(C2CCCCC2)n(-c2ncc(OCC)cn2)c(=O)c1Cc1ccc(-c2ccccc2CCC(=O)C2CC2)cc1. The van der Waals surface area contributed by atoms with E-state index < -0.39 is 0 Å². The van der Waals surface area contributed by atoms with Crippen LogP contribution in [-0.2, 0) is 24.1 Å². The van der Waals surface area contributed by atoms with Gasteiger partial charge < -0.3 is 4.74 Å². The third-order valence-electron chi connectivity index (χ3n) is 9.49. The highest BCUT2D eigenvalue weighted by Gasteiger charge is 2.29. The zero-order chi connectivity index (χ0) is 31.9. The van der Waals surface area contributed by atoms with Crippen LogP contribution in [0.5, 0.6) is 5.75 Å². The number of nitrogens with zero attached hydrogens (tertiary/aromatic N) is 4. The summed E-state index contributed by atoms with van der Waals surface area (Å²) >= 11 is 0. The lowest BCUT2D eigenvalue weighted by molar-refractivity contribution is -0.120. The molecule has 2 aliphatic rings. The first-order valence-electron chi connectivity index (χ1n) is 17.4. The van der Waals surface area contributed by atoms with Gasteiger partial charge in [0, 0.05) is 30.2 Å². The second kappa shape index (κ2) is 15.0. The standard InChI is InChI=1S/C39H46N4O3/c1-3-5-15-35-34(24-27-16-18-29(19-17-27)33-14-10-9-11-28(33)22-23-36(44)30-20-21-30)38(45)43(37(42-35)31-12-7-6-8-13-31)39-40-25-32(26-41-39)46-4-2/h9-11,14,16-19,25-26,30-31H,3-8,12-13,15,20-24H2,1-2H3. The summed E-state index contributed by atoms with van der Waals surface area (Å²) in [6.45, 7) is 4.63. The minimum absolute atomic E-state index is 0.0689. The molecule has 0 N–H and O–H groups in total. The van der Waals surface area contributed by atoms with E-state index in [1.807, 2.05) is 6.92 Å². The van der Waals surface area contributed by atoms with Crippen molar-refractivity contribution in [1.29, 1.82) is 0 Å². The van der Waals surface area contributed by atoms with E-state index in [0.717, 1.165) is 98.0 Å². The molecule has 4 aromatic rings. The molecular formula is C39H46N4O3. The van der Waals surface area contributed by atoms with E-state index in [0.29, 0.717) is 42.8 Å². The summed E-state index contributed by atoms with van der Waals surface area (Å²) in [7, 11) is 0. The molecule has 2 aromatic heterocycles. The maximum atomic E-state index is 14.5. The van der Waals surface area contributed by atoms with E-state index >= 15 is 0 Å². The van der Waals surface area contributed by atoms with Gasteiger partial charge >= 0.3 is 0 Å². The van der Waals surface area contributed by atoms with Crippen molar-refractivity contribution < 1.29 is 9.53 Å². The Bertz CT molecular complexity index is 1680. The topological polar surface area (TPSA) is 87.0 Å². The van der Waals surface area contributed by atoms with Gasteiger partial charge in [0.2, 0.25) is 5.95 Å². The minimum Gasteiger partial charge on any atom is -0.491 e. The number of carbonyl (C=O) groups is 1. The van der Waals surface area contributed by atoms with Crippen molar-refractivity contribution in [2.75, 3.05) is 6.61 Å². The van der Waals surface area contributed by atoms with Crippen LogP contribution in [0, 0.1) is 5.92 Å². The van der Waals surface area contributed by atoms with Gasteiger partial charge in [0.25, 0.3) is 5.56 Å². The van der Waals surface area contributed by atoms with Gasteiger partial charge in [-0.1, -0.05) is 81.1 Å². The number of Topliss-reactive ketones (excluding diaryl/α,β-unsaturated/α-hetero) is 1. The predicted octanol–water partition coefficient (Wildman–Crippen LogP) is 7.98. The molecule has 0 saturated heterocycles. The number of hydrogen-bond acceptors (Lipinski definition) is 6. The van der Waals surface area contributed by atoms with Gasteiger partial charge in [0.15, 0.2) is 5.75 Å². The zero-order valence-corrected chi connectivity index (χ0v) is 27.3. The van der Waals surface area contributed by atoms with Crippen LogP contribution in [0.2, 0.25) is 0 Å². The summed E-state index contributed by atoms with van der Waals surface area (Å²) in [6, 6.07) is 16.9. The van der Waals surface area contributed by atoms with E-state index in [9.17, 15) is 9.59 Å². The van der Waals surface area contributed by atoms with Crippen molar-refractivity contribution in [2.24, 2.45) is 5.92 Å². The normalized spacial score (nSPS) is 15.2. The molecule has 0 spiro atoms. The number of aromatic nitrogens is 4. The Labute approximate surface area is 272 Å². The fraction of sp³-hybridized carbons (Fsp3) is 0.462. The summed E-state index contributed by atoms with van der Waals surface area (Å²) in [5, 5.41) is 0. The highest BCUT2D eigenvalue weighted by molar-refractivity contribution is 5.83. The first kappa shape index (κ1) is 31.8. The monoisotopic (exact) mass is 618 g/mol. The molecule has 7 nitrogen and oxygen atoms in total. The Morgan fingerprint density at radius 1 is 0.913 bits per heavy atom. The third-order valence-corrected chi connectivity index (χ3v) is 9.49. The lowest BCUT2D eigenvalue weighted by Crippen LogP contribution is -2.32. The van der Waals surface area contributed by atoms with E-state index in [2.05, 4.69) is 65.4 Å². The molecule has 2 heterocycles. The summed E-state index contributed by atoms with van der Waals surface area (Å²) in [5.74, 6) is 2.65.